The van der Waals surface area contributed by atoms with Gasteiger partial charge in [-0.05, 0) is 31.9 Å². The van der Waals surface area contributed by atoms with Gasteiger partial charge >= 0.3 is 0 Å². The summed E-state index contributed by atoms with van der Waals surface area (Å²) < 4.78 is 5.63. The third kappa shape index (κ3) is 3.95. The predicted molar refractivity (Wildman–Crippen MR) is 76.4 cm³/mol. The van der Waals surface area contributed by atoms with Gasteiger partial charge in [0.25, 0.3) is 0 Å². The van der Waals surface area contributed by atoms with Gasteiger partial charge in [-0.2, -0.15) is 0 Å². The van der Waals surface area contributed by atoms with Crippen LogP contribution in [-0.4, -0.2) is 36.1 Å². The summed E-state index contributed by atoms with van der Waals surface area (Å²) in [6, 6.07) is 7.68. The number of hydrogen-bond acceptors (Lipinski definition) is 2. The van der Waals surface area contributed by atoms with Crippen molar-refractivity contribution in [2.24, 2.45) is 0 Å². The largest absolute Gasteiger partial charge is 0.372 e. The van der Waals surface area contributed by atoms with Gasteiger partial charge in [0.05, 0.1) is 12.2 Å². The number of amides is 1. The summed E-state index contributed by atoms with van der Waals surface area (Å²) in [5.41, 5.74) is 1.03. The highest BCUT2D eigenvalue weighted by Gasteiger charge is 2.25. The highest BCUT2D eigenvalue weighted by Crippen LogP contribution is 2.18. The summed E-state index contributed by atoms with van der Waals surface area (Å²) >= 11 is 6.09. The van der Waals surface area contributed by atoms with E-state index < -0.39 is 0 Å². The maximum Gasteiger partial charge on any atom is 0.223 e. The minimum absolute atomic E-state index is 0.119. The molecule has 1 aliphatic heterocycles. The lowest BCUT2D eigenvalue weighted by Gasteiger charge is -2.35. The molecular formula is C15H20ClNO2. The number of ether oxygens (including phenoxy) is 1. The molecule has 1 saturated heterocycles. The Balaban J connectivity index is 1.89. The Morgan fingerprint density at radius 2 is 1.95 bits per heavy atom. The van der Waals surface area contributed by atoms with Gasteiger partial charge < -0.3 is 9.64 Å². The van der Waals surface area contributed by atoms with Gasteiger partial charge in [0.1, 0.15) is 0 Å². The molecule has 1 aromatic rings. The number of nitrogens with zero attached hydrogens (tertiary/aromatic N) is 1. The maximum absolute atomic E-state index is 12.2. The molecule has 0 aliphatic carbocycles. The fourth-order valence-electron chi connectivity index (χ4n) is 2.48. The molecule has 4 heteroatoms. The molecule has 0 saturated carbocycles. The van der Waals surface area contributed by atoms with E-state index in [1.54, 1.807) is 0 Å². The van der Waals surface area contributed by atoms with E-state index in [1.807, 2.05) is 43.0 Å². The lowest BCUT2D eigenvalue weighted by Crippen LogP contribution is -2.48. The first-order valence-electron chi connectivity index (χ1n) is 6.73. The van der Waals surface area contributed by atoms with Crippen LogP contribution in [0.2, 0.25) is 5.02 Å². The molecule has 2 unspecified atom stereocenters. The first-order chi connectivity index (χ1) is 9.06. The summed E-state index contributed by atoms with van der Waals surface area (Å²) in [4.78, 5) is 14.1. The SMILES string of the molecule is CC1CN(C(=O)CCc2ccccc2Cl)CC(C)O1. The molecular weight excluding hydrogens is 262 g/mol. The van der Waals surface area contributed by atoms with Crippen LogP contribution in [0.4, 0.5) is 0 Å². The number of carbonyl (C=O) groups is 1. The van der Waals surface area contributed by atoms with E-state index in [4.69, 9.17) is 16.3 Å². The Kier molecular flexibility index (Phi) is 4.83. The zero-order valence-corrected chi connectivity index (χ0v) is 12.2. The van der Waals surface area contributed by atoms with Crippen molar-refractivity contribution in [3.05, 3.63) is 34.9 Å². The summed E-state index contributed by atoms with van der Waals surface area (Å²) in [5, 5.41) is 0.735. The second-order valence-electron chi connectivity index (χ2n) is 5.15. The van der Waals surface area contributed by atoms with Gasteiger partial charge in [-0.15, -0.1) is 0 Å². The Morgan fingerprint density at radius 3 is 2.58 bits per heavy atom. The minimum atomic E-state index is 0.119. The first-order valence-corrected chi connectivity index (χ1v) is 7.10. The van der Waals surface area contributed by atoms with Gasteiger partial charge in [0, 0.05) is 24.5 Å². The summed E-state index contributed by atoms with van der Waals surface area (Å²) in [5.74, 6) is 0.182. The molecule has 2 rings (SSSR count). The number of carbonyl (C=O) groups excluding carboxylic acids is 1. The molecule has 0 N–H and O–H groups in total. The van der Waals surface area contributed by atoms with E-state index >= 15 is 0 Å². The molecule has 0 radical (unpaired) electrons. The summed E-state index contributed by atoms with van der Waals surface area (Å²) in [6.07, 6.45) is 1.43. The molecule has 1 aliphatic rings. The number of hydrogen-bond donors (Lipinski definition) is 0. The highest BCUT2D eigenvalue weighted by molar-refractivity contribution is 6.31. The molecule has 1 fully saturated rings. The lowest BCUT2D eigenvalue weighted by molar-refractivity contribution is -0.143. The van der Waals surface area contributed by atoms with Crippen molar-refractivity contribution in [1.82, 2.24) is 4.90 Å². The Bertz CT molecular complexity index is 440. The molecule has 0 bridgehead atoms. The van der Waals surface area contributed by atoms with Crippen LogP contribution in [0.15, 0.2) is 24.3 Å². The van der Waals surface area contributed by atoms with E-state index in [0.717, 1.165) is 10.6 Å². The van der Waals surface area contributed by atoms with E-state index in [2.05, 4.69) is 0 Å². The fourth-order valence-corrected chi connectivity index (χ4v) is 2.71. The van der Waals surface area contributed by atoms with Crippen LogP contribution < -0.4 is 0 Å². The number of halogens is 1. The van der Waals surface area contributed by atoms with E-state index in [9.17, 15) is 4.79 Å². The van der Waals surface area contributed by atoms with Crippen molar-refractivity contribution in [2.45, 2.75) is 38.9 Å². The van der Waals surface area contributed by atoms with Crippen LogP contribution in [0.3, 0.4) is 0 Å². The molecule has 1 heterocycles. The molecule has 2 atom stereocenters. The molecule has 1 amide bonds. The second-order valence-corrected chi connectivity index (χ2v) is 5.55. The fraction of sp³-hybridized carbons (Fsp3) is 0.533. The molecule has 0 spiro atoms. The summed E-state index contributed by atoms with van der Waals surface area (Å²) in [7, 11) is 0. The molecule has 0 aromatic heterocycles. The van der Waals surface area contributed by atoms with E-state index in [0.29, 0.717) is 25.9 Å². The molecule has 19 heavy (non-hydrogen) atoms. The van der Waals surface area contributed by atoms with Gasteiger partial charge in [-0.3, -0.25) is 4.79 Å². The zero-order chi connectivity index (χ0) is 13.8. The second kappa shape index (κ2) is 6.40. The Morgan fingerprint density at radius 1 is 1.32 bits per heavy atom. The topological polar surface area (TPSA) is 29.5 Å². The standard InChI is InChI=1S/C15H20ClNO2/c1-11-9-17(10-12(2)19-11)15(18)8-7-13-5-3-4-6-14(13)16/h3-6,11-12H,7-10H2,1-2H3. The number of morpholine rings is 1. The molecule has 104 valence electrons. The normalized spacial score (nSPS) is 23.4. The van der Waals surface area contributed by atoms with Gasteiger partial charge in [-0.25, -0.2) is 0 Å². The third-order valence-electron chi connectivity index (χ3n) is 3.34. The minimum Gasteiger partial charge on any atom is -0.372 e. The number of benzene rings is 1. The number of rotatable bonds is 3. The van der Waals surface area contributed by atoms with E-state index in [1.165, 1.54) is 0 Å². The van der Waals surface area contributed by atoms with Crippen molar-refractivity contribution in [3.8, 4) is 0 Å². The zero-order valence-electron chi connectivity index (χ0n) is 11.4. The average Bonchev–Trinajstić information content (AvgIpc) is 2.36. The quantitative estimate of drug-likeness (QED) is 0.853. The van der Waals surface area contributed by atoms with Crippen LogP contribution in [0.5, 0.6) is 0 Å². The molecule has 3 nitrogen and oxygen atoms in total. The van der Waals surface area contributed by atoms with Crippen molar-refractivity contribution < 1.29 is 9.53 Å². The predicted octanol–water partition coefficient (Wildman–Crippen LogP) is 2.91. The van der Waals surface area contributed by atoms with Crippen LogP contribution in [0, 0.1) is 0 Å². The Hall–Kier alpha value is -1.06. The van der Waals surface area contributed by atoms with Crippen LogP contribution in [0.25, 0.3) is 0 Å². The van der Waals surface area contributed by atoms with Crippen molar-refractivity contribution in [2.75, 3.05) is 13.1 Å². The highest BCUT2D eigenvalue weighted by atomic mass is 35.5. The lowest BCUT2D eigenvalue weighted by atomic mass is 10.1. The smallest absolute Gasteiger partial charge is 0.223 e. The van der Waals surface area contributed by atoms with Crippen LogP contribution in [-0.2, 0) is 16.0 Å². The van der Waals surface area contributed by atoms with E-state index in [-0.39, 0.29) is 18.1 Å². The van der Waals surface area contributed by atoms with Crippen molar-refractivity contribution in [1.29, 1.82) is 0 Å². The molecule has 1 aromatic carbocycles. The third-order valence-corrected chi connectivity index (χ3v) is 3.71. The maximum atomic E-state index is 12.2. The van der Waals surface area contributed by atoms with Crippen molar-refractivity contribution >= 4 is 17.5 Å². The van der Waals surface area contributed by atoms with Gasteiger partial charge in [0.2, 0.25) is 5.91 Å². The summed E-state index contributed by atoms with van der Waals surface area (Å²) in [6.45, 7) is 5.38. The monoisotopic (exact) mass is 281 g/mol. The van der Waals surface area contributed by atoms with Crippen LogP contribution >= 0.6 is 11.6 Å². The number of aryl methyl sites for hydroxylation is 1. The average molecular weight is 282 g/mol. The first kappa shape index (κ1) is 14.4. The van der Waals surface area contributed by atoms with Gasteiger partial charge in [-0.1, -0.05) is 29.8 Å². The van der Waals surface area contributed by atoms with Crippen LogP contribution in [0.1, 0.15) is 25.8 Å². The van der Waals surface area contributed by atoms with Crippen molar-refractivity contribution in [3.63, 3.8) is 0 Å². The van der Waals surface area contributed by atoms with Gasteiger partial charge in [0.15, 0.2) is 0 Å². The Labute approximate surface area is 119 Å².